The van der Waals surface area contributed by atoms with Crippen LogP contribution in [0.5, 0.6) is 0 Å². The van der Waals surface area contributed by atoms with Crippen LogP contribution in [0.15, 0.2) is 12.7 Å². The lowest BCUT2D eigenvalue weighted by Gasteiger charge is -2.45. The molecule has 4 nitrogen and oxygen atoms in total. The highest BCUT2D eigenvalue weighted by Crippen LogP contribution is 2.35. The first kappa shape index (κ1) is 13.6. The SMILES string of the molecule is C=CCNC(=O)CN1CCCC2(CCCNC2)C1. The Bertz CT molecular complexity index is 292. The van der Waals surface area contributed by atoms with Crippen LogP contribution in [0.1, 0.15) is 25.7 Å². The molecule has 18 heavy (non-hydrogen) atoms. The number of carbonyl (C=O) groups is 1. The highest BCUT2D eigenvalue weighted by atomic mass is 16.2. The molecule has 2 N–H and O–H groups in total. The zero-order chi connectivity index (χ0) is 12.8. The molecule has 1 unspecified atom stereocenters. The molecular weight excluding hydrogens is 226 g/mol. The average Bonchev–Trinajstić information content (AvgIpc) is 2.37. The Morgan fingerprint density at radius 2 is 2.28 bits per heavy atom. The first-order valence-electron chi connectivity index (χ1n) is 7.05. The summed E-state index contributed by atoms with van der Waals surface area (Å²) in [4.78, 5) is 14.0. The molecule has 2 saturated heterocycles. The van der Waals surface area contributed by atoms with E-state index in [-0.39, 0.29) is 5.91 Å². The summed E-state index contributed by atoms with van der Waals surface area (Å²) in [5.74, 6) is 0.121. The van der Waals surface area contributed by atoms with Crippen LogP contribution in [0.3, 0.4) is 0 Å². The van der Waals surface area contributed by atoms with Crippen LogP contribution in [0.25, 0.3) is 0 Å². The first-order valence-corrected chi connectivity index (χ1v) is 7.05. The molecule has 2 rings (SSSR count). The summed E-state index contributed by atoms with van der Waals surface area (Å²) in [5.41, 5.74) is 0.426. The molecule has 1 atom stereocenters. The molecule has 0 bridgehead atoms. The van der Waals surface area contributed by atoms with Gasteiger partial charge < -0.3 is 10.6 Å². The van der Waals surface area contributed by atoms with Crippen molar-refractivity contribution < 1.29 is 4.79 Å². The van der Waals surface area contributed by atoms with Crippen LogP contribution in [0, 0.1) is 5.41 Å². The zero-order valence-corrected chi connectivity index (χ0v) is 11.2. The van der Waals surface area contributed by atoms with Crippen molar-refractivity contribution in [2.75, 3.05) is 39.3 Å². The molecule has 2 aliphatic heterocycles. The van der Waals surface area contributed by atoms with Gasteiger partial charge in [-0.3, -0.25) is 9.69 Å². The second-order valence-corrected chi connectivity index (χ2v) is 5.69. The molecule has 102 valence electrons. The van der Waals surface area contributed by atoms with Crippen molar-refractivity contribution >= 4 is 5.91 Å². The van der Waals surface area contributed by atoms with Gasteiger partial charge in [0.05, 0.1) is 6.54 Å². The standard InChI is InChI=1S/C14H25N3O/c1-2-7-16-13(18)10-17-9-4-6-14(12-17)5-3-8-15-11-14/h2,15H,1,3-12H2,(H,16,18). The Balaban J connectivity index is 1.82. The molecule has 0 aromatic carbocycles. The molecule has 0 aromatic rings. The number of hydrogen-bond donors (Lipinski definition) is 2. The topological polar surface area (TPSA) is 44.4 Å². The number of nitrogens with zero attached hydrogens (tertiary/aromatic N) is 1. The normalized spacial score (nSPS) is 29.1. The monoisotopic (exact) mass is 251 g/mol. The Kier molecular flexibility index (Phi) is 4.78. The van der Waals surface area contributed by atoms with E-state index in [0.717, 1.165) is 26.2 Å². The van der Waals surface area contributed by atoms with E-state index in [1.165, 1.54) is 25.7 Å². The van der Waals surface area contributed by atoms with E-state index in [9.17, 15) is 4.79 Å². The Morgan fingerprint density at radius 3 is 3.00 bits per heavy atom. The van der Waals surface area contributed by atoms with E-state index in [1.54, 1.807) is 6.08 Å². The molecule has 1 spiro atoms. The van der Waals surface area contributed by atoms with E-state index >= 15 is 0 Å². The van der Waals surface area contributed by atoms with Gasteiger partial charge in [-0.05, 0) is 44.2 Å². The number of hydrogen-bond acceptors (Lipinski definition) is 3. The van der Waals surface area contributed by atoms with Gasteiger partial charge in [-0.25, -0.2) is 0 Å². The molecule has 2 fully saturated rings. The maximum Gasteiger partial charge on any atom is 0.234 e. The Morgan fingerprint density at radius 1 is 1.44 bits per heavy atom. The lowest BCUT2D eigenvalue weighted by Crippen LogP contribution is -2.52. The van der Waals surface area contributed by atoms with Gasteiger partial charge >= 0.3 is 0 Å². The second kappa shape index (κ2) is 6.34. The largest absolute Gasteiger partial charge is 0.352 e. The quantitative estimate of drug-likeness (QED) is 0.725. The summed E-state index contributed by atoms with van der Waals surface area (Å²) >= 11 is 0. The summed E-state index contributed by atoms with van der Waals surface area (Å²) in [7, 11) is 0. The number of nitrogens with one attached hydrogen (secondary N) is 2. The number of likely N-dealkylation sites (tertiary alicyclic amines) is 1. The summed E-state index contributed by atoms with van der Waals surface area (Å²) in [6, 6.07) is 0. The van der Waals surface area contributed by atoms with Crippen molar-refractivity contribution in [3.8, 4) is 0 Å². The smallest absolute Gasteiger partial charge is 0.234 e. The van der Waals surface area contributed by atoms with Crippen LogP contribution in [-0.2, 0) is 4.79 Å². The van der Waals surface area contributed by atoms with Crippen LogP contribution in [0.4, 0.5) is 0 Å². The van der Waals surface area contributed by atoms with E-state index < -0.39 is 0 Å². The highest BCUT2D eigenvalue weighted by molar-refractivity contribution is 5.78. The van der Waals surface area contributed by atoms with Crippen molar-refractivity contribution in [1.82, 2.24) is 15.5 Å². The van der Waals surface area contributed by atoms with Crippen molar-refractivity contribution in [2.45, 2.75) is 25.7 Å². The van der Waals surface area contributed by atoms with Gasteiger partial charge in [0, 0.05) is 19.6 Å². The summed E-state index contributed by atoms with van der Waals surface area (Å²) in [6.07, 6.45) is 6.84. The van der Waals surface area contributed by atoms with Crippen molar-refractivity contribution in [1.29, 1.82) is 0 Å². The predicted octanol–water partition coefficient (Wildman–Crippen LogP) is 0.754. The van der Waals surface area contributed by atoms with Crippen molar-refractivity contribution in [2.24, 2.45) is 5.41 Å². The first-order chi connectivity index (χ1) is 8.74. The molecule has 0 radical (unpaired) electrons. The minimum atomic E-state index is 0.121. The molecular formula is C14H25N3O. The van der Waals surface area contributed by atoms with Crippen LogP contribution in [0.2, 0.25) is 0 Å². The highest BCUT2D eigenvalue weighted by Gasteiger charge is 2.36. The minimum Gasteiger partial charge on any atom is -0.352 e. The Hall–Kier alpha value is -0.870. The van der Waals surface area contributed by atoms with Gasteiger partial charge in [-0.15, -0.1) is 6.58 Å². The second-order valence-electron chi connectivity index (χ2n) is 5.69. The third-order valence-electron chi connectivity index (χ3n) is 4.11. The molecule has 1 amide bonds. The molecule has 0 aliphatic carbocycles. The van der Waals surface area contributed by atoms with E-state index in [0.29, 0.717) is 18.5 Å². The molecule has 4 heteroatoms. The minimum absolute atomic E-state index is 0.121. The van der Waals surface area contributed by atoms with Crippen molar-refractivity contribution in [3.05, 3.63) is 12.7 Å². The molecule has 2 heterocycles. The third-order valence-corrected chi connectivity index (χ3v) is 4.11. The zero-order valence-electron chi connectivity index (χ0n) is 11.2. The lowest BCUT2D eigenvalue weighted by atomic mass is 9.74. The molecule has 0 saturated carbocycles. The fourth-order valence-electron chi connectivity index (χ4n) is 3.27. The average molecular weight is 251 g/mol. The van der Waals surface area contributed by atoms with Crippen LogP contribution in [-0.4, -0.2) is 50.1 Å². The number of rotatable bonds is 4. The van der Waals surface area contributed by atoms with Gasteiger partial charge in [-0.1, -0.05) is 6.08 Å². The molecule has 2 aliphatic rings. The predicted molar refractivity (Wildman–Crippen MR) is 73.4 cm³/mol. The van der Waals surface area contributed by atoms with E-state index in [4.69, 9.17) is 0 Å². The fourth-order valence-corrected chi connectivity index (χ4v) is 3.27. The maximum absolute atomic E-state index is 11.7. The fraction of sp³-hybridized carbons (Fsp3) is 0.786. The number of carbonyl (C=O) groups excluding carboxylic acids is 1. The third kappa shape index (κ3) is 3.56. The van der Waals surface area contributed by atoms with Gasteiger partial charge in [0.1, 0.15) is 0 Å². The van der Waals surface area contributed by atoms with Crippen molar-refractivity contribution in [3.63, 3.8) is 0 Å². The van der Waals surface area contributed by atoms with Gasteiger partial charge in [0.15, 0.2) is 0 Å². The van der Waals surface area contributed by atoms with Gasteiger partial charge in [0.2, 0.25) is 5.91 Å². The van der Waals surface area contributed by atoms with Crippen LogP contribution < -0.4 is 10.6 Å². The molecule has 0 aromatic heterocycles. The Labute approximate surface area is 110 Å². The number of piperidine rings is 2. The summed E-state index contributed by atoms with van der Waals surface area (Å²) < 4.78 is 0. The van der Waals surface area contributed by atoms with Gasteiger partial charge in [0.25, 0.3) is 0 Å². The summed E-state index contributed by atoms with van der Waals surface area (Å²) in [6.45, 7) is 9.12. The van der Waals surface area contributed by atoms with Crippen LogP contribution >= 0.6 is 0 Å². The van der Waals surface area contributed by atoms with Gasteiger partial charge in [-0.2, -0.15) is 0 Å². The number of amides is 1. The van der Waals surface area contributed by atoms with E-state index in [2.05, 4.69) is 22.1 Å². The van der Waals surface area contributed by atoms with E-state index in [1.807, 2.05) is 0 Å². The maximum atomic E-state index is 11.7. The summed E-state index contributed by atoms with van der Waals surface area (Å²) in [5, 5.41) is 6.37. The lowest BCUT2D eigenvalue weighted by molar-refractivity contribution is -0.123.